The molecule has 2 aromatic heterocycles. The molecule has 0 saturated carbocycles. The van der Waals surface area contributed by atoms with E-state index in [1.54, 1.807) is 0 Å². The van der Waals surface area contributed by atoms with E-state index in [4.69, 9.17) is 5.73 Å². The molecule has 0 aliphatic carbocycles. The first-order valence-electron chi connectivity index (χ1n) is 8.01. The van der Waals surface area contributed by atoms with Gasteiger partial charge in [-0.3, -0.25) is 0 Å². The van der Waals surface area contributed by atoms with Crippen molar-refractivity contribution in [1.82, 2.24) is 25.0 Å². The van der Waals surface area contributed by atoms with Gasteiger partial charge in [0, 0.05) is 13.0 Å². The van der Waals surface area contributed by atoms with Gasteiger partial charge in [0.15, 0.2) is 5.82 Å². The molecule has 0 unspecified atom stereocenters. The first-order valence-corrected chi connectivity index (χ1v) is 8.83. The van der Waals surface area contributed by atoms with Crippen LogP contribution in [0.4, 0.5) is 10.3 Å². The summed E-state index contributed by atoms with van der Waals surface area (Å²) in [6, 6.07) is 10.8. The molecule has 4 rings (SSSR count). The lowest BCUT2D eigenvalue weighted by atomic mass is 10.1. The Bertz CT molecular complexity index is 826. The zero-order valence-corrected chi connectivity index (χ0v) is 14.3. The number of nitrogens with zero attached hydrogens (tertiary/aromatic N) is 6. The number of hydrogen-bond acceptors (Lipinski definition) is 7. The molecule has 7 nitrogen and oxygen atoms in total. The zero-order chi connectivity index (χ0) is 16.5. The number of anilines is 2. The molecule has 0 spiro atoms. The van der Waals surface area contributed by atoms with Gasteiger partial charge >= 0.3 is 0 Å². The molecule has 1 aromatic carbocycles. The van der Waals surface area contributed by atoms with E-state index in [0.717, 1.165) is 36.2 Å². The molecule has 2 N–H and O–H groups in total. The van der Waals surface area contributed by atoms with Crippen LogP contribution in [0.3, 0.4) is 0 Å². The molecule has 1 atom stereocenters. The fourth-order valence-corrected chi connectivity index (χ4v) is 3.80. The molecule has 3 heterocycles. The summed E-state index contributed by atoms with van der Waals surface area (Å²) in [6.07, 6.45) is 1.87. The molecular formula is C16H19N7S. The summed E-state index contributed by atoms with van der Waals surface area (Å²) >= 11 is 1.41. The van der Waals surface area contributed by atoms with Gasteiger partial charge in [-0.25, -0.2) is 0 Å². The van der Waals surface area contributed by atoms with Crippen LogP contribution in [0.2, 0.25) is 0 Å². The van der Waals surface area contributed by atoms with Crippen LogP contribution >= 0.6 is 11.3 Å². The number of nitrogen functional groups attached to an aromatic ring is 1. The van der Waals surface area contributed by atoms with Crippen LogP contribution in [0.1, 0.15) is 30.2 Å². The van der Waals surface area contributed by atoms with Crippen molar-refractivity contribution in [2.24, 2.45) is 0 Å². The molecule has 24 heavy (non-hydrogen) atoms. The standard InChI is InChI=1S/C16H19N7S/c1-11-9-22(16-21-20-15(17)24-16)10-14-19-18-13(23(11)14)8-7-12-5-3-2-4-6-12/h2-6,11H,7-10H2,1H3,(H2,17,20)/t11-/m0/s1. The number of hydrogen-bond donors (Lipinski definition) is 1. The number of rotatable bonds is 4. The van der Waals surface area contributed by atoms with Crippen molar-refractivity contribution in [2.75, 3.05) is 17.2 Å². The molecule has 0 radical (unpaired) electrons. The molecular weight excluding hydrogens is 322 g/mol. The molecule has 0 amide bonds. The molecule has 0 saturated heterocycles. The summed E-state index contributed by atoms with van der Waals surface area (Å²) in [5, 5.41) is 18.2. The van der Waals surface area contributed by atoms with Crippen molar-refractivity contribution in [2.45, 2.75) is 32.4 Å². The Morgan fingerprint density at radius 3 is 2.71 bits per heavy atom. The van der Waals surface area contributed by atoms with E-state index in [1.165, 1.54) is 16.9 Å². The summed E-state index contributed by atoms with van der Waals surface area (Å²) in [5.41, 5.74) is 7.02. The second kappa shape index (κ2) is 6.20. The molecule has 1 aliphatic rings. The number of aromatic nitrogens is 5. The number of fused-ring (bicyclic) bond motifs is 1. The van der Waals surface area contributed by atoms with Gasteiger partial charge in [0.2, 0.25) is 10.3 Å². The number of aryl methyl sites for hydroxylation is 2. The maximum atomic E-state index is 5.70. The van der Waals surface area contributed by atoms with E-state index in [9.17, 15) is 0 Å². The second-order valence-corrected chi connectivity index (χ2v) is 7.03. The SMILES string of the molecule is C[C@H]1CN(c2nnc(N)s2)Cc2nnc(CCc3ccccc3)n21. The number of benzene rings is 1. The Morgan fingerprint density at radius 2 is 1.96 bits per heavy atom. The van der Waals surface area contributed by atoms with E-state index in [1.807, 2.05) is 6.07 Å². The summed E-state index contributed by atoms with van der Waals surface area (Å²) in [7, 11) is 0. The van der Waals surface area contributed by atoms with Crippen molar-refractivity contribution in [3.05, 3.63) is 47.5 Å². The van der Waals surface area contributed by atoms with Gasteiger partial charge in [-0.1, -0.05) is 41.7 Å². The fourth-order valence-electron chi connectivity index (χ4n) is 3.18. The van der Waals surface area contributed by atoms with Gasteiger partial charge in [0.1, 0.15) is 5.82 Å². The Morgan fingerprint density at radius 1 is 1.12 bits per heavy atom. The third kappa shape index (κ3) is 2.84. The molecule has 0 fully saturated rings. The van der Waals surface area contributed by atoms with Gasteiger partial charge in [-0.05, 0) is 18.9 Å². The average Bonchev–Trinajstić information content (AvgIpc) is 3.20. The average molecular weight is 341 g/mol. The van der Waals surface area contributed by atoms with Crippen molar-refractivity contribution < 1.29 is 0 Å². The highest BCUT2D eigenvalue weighted by molar-refractivity contribution is 7.18. The monoisotopic (exact) mass is 341 g/mol. The summed E-state index contributed by atoms with van der Waals surface area (Å²) in [4.78, 5) is 2.17. The summed E-state index contributed by atoms with van der Waals surface area (Å²) in [5.74, 6) is 2.03. The normalized spacial score (nSPS) is 17.0. The third-order valence-corrected chi connectivity index (χ3v) is 5.09. The minimum atomic E-state index is 0.291. The van der Waals surface area contributed by atoms with Crippen LogP contribution in [-0.2, 0) is 19.4 Å². The first-order chi connectivity index (χ1) is 11.7. The van der Waals surface area contributed by atoms with Crippen molar-refractivity contribution in [3.8, 4) is 0 Å². The van der Waals surface area contributed by atoms with E-state index in [0.29, 0.717) is 17.7 Å². The van der Waals surface area contributed by atoms with Crippen LogP contribution in [0, 0.1) is 0 Å². The van der Waals surface area contributed by atoms with Crippen LogP contribution in [0.15, 0.2) is 30.3 Å². The topological polar surface area (TPSA) is 85.8 Å². The van der Waals surface area contributed by atoms with Crippen LogP contribution in [0.5, 0.6) is 0 Å². The Balaban J connectivity index is 1.52. The van der Waals surface area contributed by atoms with Crippen molar-refractivity contribution in [3.63, 3.8) is 0 Å². The Kier molecular flexibility index (Phi) is 3.89. The quantitative estimate of drug-likeness (QED) is 0.782. The zero-order valence-electron chi connectivity index (χ0n) is 13.5. The highest BCUT2D eigenvalue weighted by Crippen LogP contribution is 2.29. The highest BCUT2D eigenvalue weighted by Gasteiger charge is 2.28. The Labute approximate surface area is 144 Å². The van der Waals surface area contributed by atoms with Gasteiger partial charge in [-0.15, -0.1) is 20.4 Å². The van der Waals surface area contributed by atoms with Gasteiger partial charge in [0.05, 0.1) is 12.6 Å². The number of nitrogens with two attached hydrogens (primary N) is 1. The van der Waals surface area contributed by atoms with Gasteiger partial charge in [0.25, 0.3) is 0 Å². The Hall–Kier alpha value is -2.48. The summed E-state index contributed by atoms with van der Waals surface area (Å²) in [6.45, 7) is 3.74. The van der Waals surface area contributed by atoms with Crippen molar-refractivity contribution in [1.29, 1.82) is 0 Å². The maximum absolute atomic E-state index is 5.70. The fraction of sp³-hybridized carbons (Fsp3) is 0.375. The van der Waals surface area contributed by atoms with E-state index >= 15 is 0 Å². The van der Waals surface area contributed by atoms with Crippen LogP contribution < -0.4 is 10.6 Å². The lowest BCUT2D eigenvalue weighted by Gasteiger charge is -2.32. The van der Waals surface area contributed by atoms with Crippen LogP contribution in [0.25, 0.3) is 0 Å². The highest BCUT2D eigenvalue weighted by atomic mass is 32.1. The third-order valence-electron chi connectivity index (χ3n) is 4.28. The summed E-state index contributed by atoms with van der Waals surface area (Å²) < 4.78 is 2.27. The van der Waals surface area contributed by atoms with Crippen molar-refractivity contribution >= 4 is 21.6 Å². The second-order valence-electron chi connectivity index (χ2n) is 6.04. The molecule has 3 aromatic rings. The lowest BCUT2D eigenvalue weighted by molar-refractivity contribution is 0.448. The predicted molar refractivity (Wildman–Crippen MR) is 94.0 cm³/mol. The predicted octanol–water partition coefficient (Wildman–Crippen LogP) is 2.08. The molecule has 1 aliphatic heterocycles. The largest absolute Gasteiger partial charge is 0.374 e. The minimum Gasteiger partial charge on any atom is -0.374 e. The van der Waals surface area contributed by atoms with E-state index < -0.39 is 0 Å². The maximum Gasteiger partial charge on any atom is 0.210 e. The van der Waals surface area contributed by atoms with E-state index in [2.05, 4.69) is 61.1 Å². The molecule has 124 valence electrons. The minimum absolute atomic E-state index is 0.291. The van der Waals surface area contributed by atoms with Gasteiger partial charge in [-0.2, -0.15) is 0 Å². The molecule has 0 bridgehead atoms. The smallest absolute Gasteiger partial charge is 0.210 e. The van der Waals surface area contributed by atoms with Gasteiger partial charge < -0.3 is 15.2 Å². The lowest BCUT2D eigenvalue weighted by Crippen LogP contribution is -2.37. The van der Waals surface area contributed by atoms with E-state index in [-0.39, 0.29) is 0 Å². The molecule has 8 heteroatoms. The first kappa shape index (κ1) is 15.1. The van der Waals surface area contributed by atoms with Crippen LogP contribution in [-0.4, -0.2) is 31.5 Å².